The van der Waals surface area contributed by atoms with Gasteiger partial charge >= 0.3 is 5.97 Å². The van der Waals surface area contributed by atoms with Crippen LogP contribution in [0.4, 0.5) is 0 Å². The van der Waals surface area contributed by atoms with E-state index < -0.39 is 28.7 Å². The van der Waals surface area contributed by atoms with Crippen LogP contribution >= 0.6 is 0 Å². The lowest BCUT2D eigenvalue weighted by molar-refractivity contribution is -0.146. The maximum absolute atomic E-state index is 11.4. The number of carbonyl (C=O) groups is 1. The smallest absolute Gasteiger partial charge is 0.324 e. The summed E-state index contributed by atoms with van der Waals surface area (Å²) in [6.07, 6.45) is -1.15. The van der Waals surface area contributed by atoms with Crippen molar-refractivity contribution in [2.45, 2.75) is 45.4 Å². The molecule has 0 saturated carbocycles. The number of aliphatic hydroxyl groups is 1. The Hall–Kier alpha value is -0.176. The van der Waals surface area contributed by atoms with E-state index in [1.807, 2.05) is 39.3 Å². The van der Waals surface area contributed by atoms with Crippen molar-refractivity contribution >= 4 is 22.6 Å². The van der Waals surface area contributed by atoms with E-state index in [1.54, 1.807) is 0 Å². The first-order valence-corrected chi connectivity index (χ1v) is 11.9. The Kier molecular flexibility index (Phi) is 5.18. The fraction of sp³-hybridized carbons (Fsp3) is 0.889. The molecule has 0 heterocycles. The maximum Gasteiger partial charge on any atom is 0.324 e. The van der Waals surface area contributed by atoms with Gasteiger partial charge in [0.1, 0.15) is 0 Å². The Bertz CT molecular complexity index is 217. The maximum atomic E-state index is 11.4. The van der Waals surface area contributed by atoms with E-state index >= 15 is 0 Å². The van der Waals surface area contributed by atoms with Crippen LogP contribution in [0.25, 0.3) is 0 Å². The van der Waals surface area contributed by atoms with Crippen molar-refractivity contribution in [1.29, 1.82) is 0 Å². The topological polar surface area (TPSA) is 55.8 Å². The summed E-state index contributed by atoms with van der Waals surface area (Å²) in [6, 6.07) is 0. The Labute approximate surface area is 93.9 Å². The molecule has 0 saturated heterocycles. The average molecular weight is 250 g/mol. The highest BCUT2D eigenvalue weighted by Gasteiger charge is 2.26. The Morgan fingerprint density at radius 2 is 1.60 bits per heavy atom. The van der Waals surface area contributed by atoms with Gasteiger partial charge in [0.25, 0.3) is 0 Å². The predicted octanol–water partition coefficient (Wildman–Crippen LogP) is 1.58. The van der Waals surface area contributed by atoms with Crippen molar-refractivity contribution in [2.75, 3.05) is 6.61 Å². The van der Waals surface area contributed by atoms with Gasteiger partial charge in [-0.25, -0.2) is 0 Å². The zero-order chi connectivity index (χ0) is 12.3. The minimum absolute atomic E-state index is 0.0407. The van der Waals surface area contributed by atoms with E-state index in [1.165, 1.54) is 0 Å². The van der Waals surface area contributed by atoms with Crippen LogP contribution in [0.3, 0.4) is 0 Å². The molecule has 1 unspecified atom stereocenters. The van der Waals surface area contributed by atoms with Crippen molar-refractivity contribution in [3.63, 3.8) is 0 Å². The van der Waals surface area contributed by atoms with Crippen molar-refractivity contribution in [3.8, 4) is 0 Å². The molecule has 90 valence electrons. The number of hydrogen-bond donors (Lipinski definition) is 1. The third-order valence-electron chi connectivity index (χ3n) is 1.35. The monoisotopic (exact) mass is 250 g/mol. The highest BCUT2D eigenvalue weighted by atomic mass is 28.4. The van der Waals surface area contributed by atoms with Crippen LogP contribution in [0.15, 0.2) is 0 Å². The van der Waals surface area contributed by atoms with Crippen LogP contribution in [-0.4, -0.2) is 40.4 Å². The van der Waals surface area contributed by atoms with E-state index in [0.29, 0.717) is 0 Å². The number of hydrogen-bond acceptors (Lipinski definition) is 4. The van der Waals surface area contributed by atoms with Gasteiger partial charge in [0.15, 0.2) is 14.4 Å². The summed E-state index contributed by atoms with van der Waals surface area (Å²) >= 11 is 0. The lowest BCUT2D eigenvalue weighted by atomic mass is 10.4. The normalized spacial score (nSPS) is 14.9. The molecular formula is C9H22O4Si2. The first-order valence-electron chi connectivity index (χ1n) is 5.06. The second kappa shape index (κ2) is 5.24. The van der Waals surface area contributed by atoms with Crippen molar-refractivity contribution < 1.29 is 18.8 Å². The van der Waals surface area contributed by atoms with Gasteiger partial charge in [-0.2, -0.15) is 0 Å². The van der Waals surface area contributed by atoms with Gasteiger partial charge in [-0.1, -0.05) is 0 Å². The quantitative estimate of drug-likeness (QED) is 0.753. The Morgan fingerprint density at radius 3 is 1.93 bits per heavy atom. The summed E-state index contributed by atoms with van der Waals surface area (Å²) in [5, 5.41) is 9.49. The molecule has 0 bridgehead atoms. The van der Waals surface area contributed by atoms with Crippen molar-refractivity contribution in [3.05, 3.63) is 0 Å². The molecule has 0 aliphatic rings. The summed E-state index contributed by atoms with van der Waals surface area (Å²) in [4.78, 5) is 11.4. The summed E-state index contributed by atoms with van der Waals surface area (Å²) in [6.45, 7) is 11.8. The second-order valence-electron chi connectivity index (χ2n) is 5.47. The van der Waals surface area contributed by atoms with Crippen LogP contribution in [0.2, 0.25) is 39.3 Å². The lowest BCUT2D eigenvalue weighted by Gasteiger charge is -2.22. The molecule has 1 atom stereocenters. The molecule has 15 heavy (non-hydrogen) atoms. The Balaban J connectivity index is 4.01. The number of aliphatic hydroxyl groups excluding tert-OH is 1. The predicted molar refractivity (Wildman–Crippen MR) is 64.7 cm³/mol. The molecule has 0 spiro atoms. The largest absolute Gasteiger partial charge is 0.518 e. The summed E-state index contributed by atoms with van der Waals surface area (Å²) in [7, 11) is -3.59. The van der Waals surface area contributed by atoms with Gasteiger partial charge in [-0.3, -0.25) is 4.79 Å². The molecule has 0 fully saturated rings. The van der Waals surface area contributed by atoms with Gasteiger partial charge < -0.3 is 14.0 Å². The van der Waals surface area contributed by atoms with Crippen LogP contribution in [0.1, 0.15) is 0 Å². The molecule has 0 aromatic carbocycles. The Morgan fingerprint density at radius 1 is 1.13 bits per heavy atom. The molecule has 0 aliphatic carbocycles. The van der Waals surface area contributed by atoms with Gasteiger partial charge in [0.2, 0.25) is 8.32 Å². The van der Waals surface area contributed by atoms with E-state index in [4.69, 9.17) is 8.85 Å². The molecular weight excluding hydrogens is 228 g/mol. The molecule has 6 heteroatoms. The fourth-order valence-corrected chi connectivity index (χ4v) is 2.16. The second-order valence-corrected chi connectivity index (χ2v) is 14.4. The van der Waals surface area contributed by atoms with E-state index in [9.17, 15) is 9.90 Å². The molecule has 0 amide bonds. The van der Waals surface area contributed by atoms with E-state index in [2.05, 4.69) is 0 Å². The zero-order valence-corrected chi connectivity index (χ0v) is 12.5. The van der Waals surface area contributed by atoms with Gasteiger partial charge in [0, 0.05) is 0 Å². The molecule has 0 aromatic rings. The number of rotatable bonds is 5. The SMILES string of the molecule is C[Si](C)(C)OCC(O)C(=O)O[Si](C)(C)C. The third kappa shape index (κ3) is 8.79. The van der Waals surface area contributed by atoms with Gasteiger partial charge in [0.05, 0.1) is 6.61 Å². The minimum Gasteiger partial charge on any atom is -0.518 e. The molecule has 0 radical (unpaired) electrons. The van der Waals surface area contributed by atoms with Gasteiger partial charge in [-0.05, 0) is 39.3 Å². The standard InChI is InChI=1S/C9H22O4Si2/c1-14(2,3)12-7-8(10)9(11)13-15(4,5)6/h8,10H,7H2,1-6H3. The molecule has 4 nitrogen and oxygen atoms in total. The minimum atomic E-state index is -1.91. The fourth-order valence-electron chi connectivity index (χ4n) is 0.767. The zero-order valence-electron chi connectivity index (χ0n) is 10.5. The van der Waals surface area contributed by atoms with Crippen LogP contribution in [-0.2, 0) is 13.6 Å². The molecule has 0 aliphatic heterocycles. The highest BCUT2D eigenvalue weighted by Crippen LogP contribution is 2.07. The third-order valence-corrected chi connectivity index (χ3v) is 3.20. The molecule has 0 aromatic heterocycles. The molecule has 1 N–H and O–H groups in total. The van der Waals surface area contributed by atoms with Crippen LogP contribution in [0.5, 0.6) is 0 Å². The van der Waals surface area contributed by atoms with Crippen molar-refractivity contribution in [1.82, 2.24) is 0 Å². The summed E-state index contributed by atoms with van der Waals surface area (Å²) in [5.41, 5.74) is 0. The van der Waals surface area contributed by atoms with E-state index in [0.717, 1.165) is 0 Å². The average Bonchev–Trinajstić information content (AvgIpc) is 1.95. The first-order chi connectivity index (χ1) is 6.51. The summed E-state index contributed by atoms with van der Waals surface area (Å²) in [5.74, 6) is -0.563. The van der Waals surface area contributed by atoms with Crippen molar-refractivity contribution in [2.24, 2.45) is 0 Å². The summed E-state index contributed by atoms with van der Waals surface area (Å²) < 4.78 is 10.6. The molecule has 0 rings (SSSR count). The number of carbonyl (C=O) groups excluding carboxylic acids is 1. The van der Waals surface area contributed by atoms with E-state index in [-0.39, 0.29) is 6.61 Å². The van der Waals surface area contributed by atoms with Crippen LogP contribution in [0, 0.1) is 0 Å². The lowest BCUT2D eigenvalue weighted by Crippen LogP contribution is -2.39. The first kappa shape index (κ1) is 14.8. The van der Waals surface area contributed by atoms with Crippen LogP contribution < -0.4 is 0 Å². The van der Waals surface area contributed by atoms with Gasteiger partial charge in [-0.15, -0.1) is 0 Å². The highest BCUT2D eigenvalue weighted by molar-refractivity contribution is 6.71.